The standard InChI is InChI=1S/C11H26N2O4Si/c1-5-15-18(16-6-2,17-7-3)9-8-10(4)13-11(12)14/h10H,5-9H2,1-4H3,(H3,12,13,14). The minimum atomic E-state index is -2.60. The zero-order valence-electron chi connectivity index (χ0n) is 11.8. The monoisotopic (exact) mass is 278 g/mol. The van der Waals surface area contributed by atoms with Crippen molar-refractivity contribution in [3.63, 3.8) is 0 Å². The number of rotatable bonds is 10. The molecule has 3 N–H and O–H groups in total. The van der Waals surface area contributed by atoms with Crippen LogP contribution in [-0.2, 0) is 13.3 Å². The van der Waals surface area contributed by atoms with Crippen LogP contribution < -0.4 is 11.1 Å². The van der Waals surface area contributed by atoms with Gasteiger partial charge >= 0.3 is 14.8 Å². The summed E-state index contributed by atoms with van der Waals surface area (Å²) >= 11 is 0. The van der Waals surface area contributed by atoms with E-state index in [9.17, 15) is 4.79 Å². The zero-order valence-corrected chi connectivity index (χ0v) is 12.8. The van der Waals surface area contributed by atoms with E-state index in [-0.39, 0.29) is 6.04 Å². The van der Waals surface area contributed by atoms with E-state index in [0.717, 1.165) is 6.42 Å². The van der Waals surface area contributed by atoms with E-state index in [1.807, 2.05) is 27.7 Å². The number of primary amides is 1. The molecule has 0 aliphatic carbocycles. The summed E-state index contributed by atoms with van der Waals surface area (Å²) in [6.07, 6.45) is 0.717. The van der Waals surface area contributed by atoms with Gasteiger partial charge in [0.2, 0.25) is 0 Å². The Kier molecular flexibility index (Phi) is 8.99. The van der Waals surface area contributed by atoms with Crippen LogP contribution >= 0.6 is 0 Å². The van der Waals surface area contributed by atoms with Crippen molar-refractivity contribution in [2.75, 3.05) is 19.8 Å². The van der Waals surface area contributed by atoms with Crippen LogP contribution in [0.1, 0.15) is 34.1 Å². The third kappa shape index (κ3) is 6.95. The van der Waals surface area contributed by atoms with Crippen molar-refractivity contribution < 1.29 is 18.1 Å². The highest BCUT2D eigenvalue weighted by Crippen LogP contribution is 2.19. The van der Waals surface area contributed by atoms with Crippen LogP contribution in [0.4, 0.5) is 4.79 Å². The van der Waals surface area contributed by atoms with Gasteiger partial charge in [-0.15, -0.1) is 0 Å². The third-order valence-corrected chi connectivity index (χ3v) is 5.45. The highest BCUT2D eigenvalue weighted by atomic mass is 28.4. The van der Waals surface area contributed by atoms with Crippen LogP contribution in [0.25, 0.3) is 0 Å². The number of carbonyl (C=O) groups excluding carboxylic acids is 1. The van der Waals surface area contributed by atoms with E-state index in [2.05, 4.69) is 5.32 Å². The first kappa shape index (κ1) is 17.4. The van der Waals surface area contributed by atoms with E-state index in [4.69, 9.17) is 19.0 Å². The van der Waals surface area contributed by atoms with Gasteiger partial charge in [-0.2, -0.15) is 0 Å². The van der Waals surface area contributed by atoms with Crippen LogP contribution in [0, 0.1) is 0 Å². The topological polar surface area (TPSA) is 82.8 Å². The summed E-state index contributed by atoms with van der Waals surface area (Å²) in [6, 6.07) is 0.138. The van der Waals surface area contributed by atoms with Crippen molar-refractivity contribution in [2.24, 2.45) is 5.73 Å². The molecule has 2 amide bonds. The van der Waals surface area contributed by atoms with E-state index in [0.29, 0.717) is 25.9 Å². The van der Waals surface area contributed by atoms with Gasteiger partial charge in [0.05, 0.1) is 0 Å². The Labute approximate surface area is 111 Å². The highest BCUT2D eigenvalue weighted by Gasteiger charge is 2.40. The van der Waals surface area contributed by atoms with Crippen LogP contribution in [-0.4, -0.2) is 40.7 Å². The van der Waals surface area contributed by atoms with E-state index < -0.39 is 14.8 Å². The first-order chi connectivity index (χ1) is 8.49. The summed E-state index contributed by atoms with van der Waals surface area (Å²) < 4.78 is 17.1. The molecule has 0 radical (unpaired) electrons. The number of amides is 2. The predicted molar refractivity (Wildman–Crippen MR) is 72.2 cm³/mol. The number of carbonyl (C=O) groups is 1. The lowest BCUT2D eigenvalue weighted by molar-refractivity contribution is 0.0702. The lowest BCUT2D eigenvalue weighted by atomic mass is 10.3. The Hall–Kier alpha value is -0.633. The Morgan fingerprint density at radius 2 is 1.61 bits per heavy atom. The Morgan fingerprint density at radius 1 is 1.17 bits per heavy atom. The molecule has 108 valence electrons. The molecule has 0 saturated carbocycles. The third-order valence-electron chi connectivity index (χ3n) is 2.36. The Bertz CT molecular complexity index is 224. The molecule has 0 heterocycles. The number of nitrogens with one attached hydrogen (secondary N) is 1. The van der Waals surface area contributed by atoms with E-state index in [1.165, 1.54) is 0 Å². The van der Waals surface area contributed by atoms with Gasteiger partial charge in [-0.25, -0.2) is 4.79 Å². The van der Waals surface area contributed by atoms with Crippen molar-refractivity contribution in [3.8, 4) is 0 Å². The smallest absolute Gasteiger partial charge is 0.374 e. The maximum Gasteiger partial charge on any atom is 0.501 e. The second-order valence-corrected chi connectivity index (χ2v) is 6.66. The van der Waals surface area contributed by atoms with Gasteiger partial charge in [-0.3, -0.25) is 0 Å². The molecule has 0 aliphatic rings. The van der Waals surface area contributed by atoms with Gasteiger partial charge in [0.25, 0.3) is 0 Å². The first-order valence-corrected chi connectivity index (χ1v) is 8.40. The van der Waals surface area contributed by atoms with Gasteiger partial charge in [-0.05, 0) is 34.1 Å². The molecule has 18 heavy (non-hydrogen) atoms. The molecular weight excluding hydrogens is 252 g/mol. The minimum Gasteiger partial charge on any atom is -0.374 e. The van der Waals surface area contributed by atoms with Gasteiger partial charge in [0.15, 0.2) is 0 Å². The molecule has 0 fully saturated rings. The molecule has 0 saturated heterocycles. The quantitative estimate of drug-likeness (QED) is 0.593. The molecule has 7 heteroatoms. The van der Waals surface area contributed by atoms with E-state index in [1.54, 1.807) is 0 Å². The molecule has 0 aromatic heterocycles. The summed E-state index contributed by atoms with van der Waals surface area (Å²) in [5.74, 6) is 0. The molecule has 0 spiro atoms. The predicted octanol–water partition coefficient (Wildman–Crippen LogP) is 1.48. The maximum atomic E-state index is 10.7. The summed E-state index contributed by atoms with van der Waals surface area (Å²) in [7, 11) is -2.60. The van der Waals surface area contributed by atoms with Crippen molar-refractivity contribution in [1.82, 2.24) is 5.32 Å². The van der Waals surface area contributed by atoms with Crippen LogP contribution in [0.15, 0.2) is 0 Å². The number of hydrogen-bond donors (Lipinski definition) is 2. The average Bonchev–Trinajstić information content (AvgIpc) is 2.27. The molecule has 0 aliphatic heterocycles. The first-order valence-electron chi connectivity index (χ1n) is 6.47. The van der Waals surface area contributed by atoms with Gasteiger partial charge in [0.1, 0.15) is 0 Å². The lowest BCUT2D eigenvalue weighted by Gasteiger charge is -2.29. The summed E-state index contributed by atoms with van der Waals surface area (Å²) in [4.78, 5) is 10.7. The maximum absolute atomic E-state index is 10.7. The number of hydrogen-bond acceptors (Lipinski definition) is 4. The zero-order chi connectivity index (χ0) is 14.0. The fourth-order valence-electron chi connectivity index (χ4n) is 1.71. The fourth-order valence-corrected chi connectivity index (χ4v) is 4.50. The lowest BCUT2D eigenvalue weighted by Crippen LogP contribution is -2.47. The second-order valence-electron chi connectivity index (χ2n) is 3.93. The molecule has 0 rings (SSSR count). The minimum absolute atomic E-state index is 0.0178. The highest BCUT2D eigenvalue weighted by molar-refractivity contribution is 6.60. The van der Waals surface area contributed by atoms with E-state index >= 15 is 0 Å². The molecule has 1 atom stereocenters. The van der Waals surface area contributed by atoms with Gasteiger partial charge in [0, 0.05) is 31.9 Å². The molecule has 0 bridgehead atoms. The number of nitrogens with two attached hydrogens (primary N) is 1. The van der Waals surface area contributed by atoms with Crippen molar-refractivity contribution >= 4 is 14.8 Å². The molecule has 0 aromatic carbocycles. The van der Waals surface area contributed by atoms with Crippen LogP contribution in [0.3, 0.4) is 0 Å². The molecular formula is C11H26N2O4Si. The normalized spacial score (nSPS) is 13.3. The summed E-state index contributed by atoms with van der Waals surface area (Å²) in [5.41, 5.74) is 5.08. The largest absolute Gasteiger partial charge is 0.501 e. The SMILES string of the molecule is CCO[Si](CCC(C)NC(N)=O)(OCC)OCC. The Morgan fingerprint density at radius 3 is 1.94 bits per heavy atom. The van der Waals surface area contributed by atoms with Crippen molar-refractivity contribution in [3.05, 3.63) is 0 Å². The Balaban J connectivity index is 4.40. The van der Waals surface area contributed by atoms with Crippen LogP contribution in [0.5, 0.6) is 0 Å². The van der Waals surface area contributed by atoms with Gasteiger partial charge in [-0.1, -0.05) is 0 Å². The summed E-state index contributed by atoms with van der Waals surface area (Å²) in [5, 5.41) is 2.64. The van der Waals surface area contributed by atoms with Crippen molar-refractivity contribution in [2.45, 2.75) is 46.2 Å². The fraction of sp³-hybridized carbons (Fsp3) is 0.909. The summed E-state index contributed by atoms with van der Waals surface area (Å²) in [6.45, 7) is 9.34. The van der Waals surface area contributed by atoms with Crippen LogP contribution in [0.2, 0.25) is 6.04 Å². The van der Waals surface area contributed by atoms with Crippen molar-refractivity contribution in [1.29, 1.82) is 0 Å². The molecule has 0 aromatic rings. The second kappa shape index (κ2) is 9.32. The molecule has 6 nitrogen and oxygen atoms in total. The molecule has 1 unspecified atom stereocenters. The average molecular weight is 278 g/mol. The number of urea groups is 1. The van der Waals surface area contributed by atoms with Gasteiger partial charge < -0.3 is 24.3 Å².